The Bertz CT molecular complexity index is 741. The quantitative estimate of drug-likeness (QED) is 0.614. The van der Waals surface area contributed by atoms with Gasteiger partial charge in [0.05, 0.1) is 0 Å². The third kappa shape index (κ3) is 2.91. The molecule has 94 valence electrons. The molecule has 0 unspecified atom stereocenters. The molecule has 3 rings (SSSR count). The van der Waals surface area contributed by atoms with Crippen LogP contribution >= 0.6 is 27.5 Å². The number of halogens is 2. The van der Waals surface area contributed by atoms with E-state index in [0.29, 0.717) is 0 Å². The molecule has 0 aliphatic carbocycles. The zero-order chi connectivity index (χ0) is 13.2. The highest BCUT2D eigenvalue weighted by atomic mass is 79.9. The lowest BCUT2D eigenvalue weighted by atomic mass is 10.2. The van der Waals surface area contributed by atoms with E-state index < -0.39 is 0 Å². The van der Waals surface area contributed by atoms with Crippen LogP contribution in [0.25, 0.3) is 23.1 Å². The molecule has 0 atom stereocenters. The number of hydrogen-bond donors (Lipinski definition) is 1. The van der Waals surface area contributed by atoms with E-state index in [-0.39, 0.29) is 0 Å². The number of nitrogens with one attached hydrogen (secondary N) is 1. The van der Waals surface area contributed by atoms with E-state index in [1.807, 2.05) is 30.3 Å². The van der Waals surface area contributed by atoms with E-state index >= 15 is 0 Å². The van der Waals surface area contributed by atoms with Gasteiger partial charge in [-0.1, -0.05) is 51.8 Å². The van der Waals surface area contributed by atoms with Gasteiger partial charge < -0.3 is 4.98 Å². The first-order chi connectivity index (χ1) is 9.20. The van der Waals surface area contributed by atoms with Crippen molar-refractivity contribution in [2.24, 2.45) is 0 Å². The monoisotopic (exact) mass is 331 g/mol. The molecule has 0 amide bonds. The average molecular weight is 333 g/mol. The fraction of sp³-hybridized carbons (Fsp3) is 0. The van der Waals surface area contributed by atoms with Gasteiger partial charge in [-0.15, -0.1) is 0 Å². The van der Waals surface area contributed by atoms with E-state index in [2.05, 4.69) is 51.3 Å². The van der Waals surface area contributed by atoms with Gasteiger partial charge in [0.1, 0.15) is 0 Å². The third-order valence-electron chi connectivity index (χ3n) is 2.93. The van der Waals surface area contributed by atoms with Gasteiger partial charge in [0.2, 0.25) is 0 Å². The molecule has 0 radical (unpaired) electrons. The molecule has 0 aliphatic heterocycles. The maximum absolute atomic E-state index is 5.86. The van der Waals surface area contributed by atoms with Gasteiger partial charge in [-0.3, -0.25) is 0 Å². The van der Waals surface area contributed by atoms with E-state index in [4.69, 9.17) is 11.6 Å². The molecule has 3 aromatic rings. The molecule has 19 heavy (non-hydrogen) atoms. The highest BCUT2D eigenvalue weighted by Crippen LogP contribution is 2.21. The lowest BCUT2D eigenvalue weighted by Crippen LogP contribution is -1.72. The second kappa shape index (κ2) is 5.24. The Hall–Kier alpha value is -1.51. The zero-order valence-electron chi connectivity index (χ0n) is 10.0. The normalized spacial score (nSPS) is 11.5. The van der Waals surface area contributed by atoms with Gasteiger partial charge in [0, 0.05) is 26.1 Å². The molecule has 3 heteroatoms. The molecule has 0 saturated heterocycles. The summed E-state index contributed by atoms with van der Waals surface area (Å²) in [7, 11) is 0. The summed E-state index contributed by atoms with van der Waals surface area (Å²) in [5.74, 6) is 0. The minimum absolute atomic E-state index is 0.757. The van der Waals surface area contributed by atoms with Gasteiger partial charge in [-0.25, -0.2) is 0 Å². The lowest BCUT2D eigenvalue weighted by Gasteiger charge is -1.93. The highest BCUT2D eigenvalue weighted by molar-refractivity contribution is 9.10. The summed E-state index contributed by atoms with van der Waals surface area (Å²) < 4.78 is 1.08. The zero-order valence-corrected chi connectivity index (χ0v) is 12.4. The molecule has 1 heterocycles. The summed E-state index contributed by atoms with van der Waals surface area (Å²) in [6.07, 6.45) is 4.13. The van der Waals surface area contributed by atoms with Crippen LogP contribution in [0.15, 0.2) is 53.0 Å². The maximum Gasteiger partial charge on any atom is 0.0469 e. The van der Waals surface area contributed by atoms with E-state index in [1.165, 1.54) is 5.39 Å². The summed E-state index contributed by atoms with van der Waals surface area (Å²) in [6, 6.07) is 16.1. The predicted octanol–water partition coefficient (Wildman–Crippen LogP) is 5.75. The minimum atomic E-state index is 0.757. The van der Waals surface area contributed by atoms with Crippen molar-refractivity contribution in [3.63, 3.8) is 0 Å². The van der Waals surface area contributed by atoms with Crippen LogP contribution in [0.4, 0.5) is 0 Å². The van der Waals surface area contributed by atoms with Gasteiger partial charge in [0.25, 0.3) is 0 Å². The van der Waals surface area contributed by atoms with Crippen molar-refractivity contribution >= 4 is 50.6 Å². The van der Waals surface area contributed by atoms with Crippen LogP contribution in [-0.4, -0.2) is 4.98 Å². The molecule has 1 N–H and O–H groups in total. The fourth-order valence-corrected chi connectivity index (χ4v) is 2.46. The van der Waals surface area contributed by atoms with Crippen molar-refractivity contribution in [2.45, 2.75) is 0 Å². The van der Waals surface area contributed by atoms with Crippen molar-refractivity contribution in [2.75, 3.05) is 0 Å². The number of hydrogen-bond acceptors (Lipinski definition) is 0. The number of rotatable bonds is 2. The molecular formula is C16H11BrClN. The number of aromatic nitrogens is 1. The van der Waals surface area contributed by atoms with Crippen molar-refractivity contribution in [3.8, 4) is 0 Å². The van der Waals surface area contributed by atoms with Crippen LogP contribution in [0.5, 0.6) is 0 Å². The maximum atomic E-state index is 5.86. The second-order valence-electron chi connectivity index (χ2n) is 4.34. The Labute approximate surface area is 125 Å². The summed E-state index contributed by atoms with van der Waals surface area (Å²) >= 11 is 9.34. The van der Waals surface area contributed by atoms with Gasteiger partial charge >= 0.3 is 0 Å². The second-order valence-corrected chi connectivity index (χ2v) is 5.69. The van der Waals surface area contributed by atoms with E-state index in [0.717, 1.165) is 26.3 Å². The van der Waals surface area contributed by atoms with Crippen LogP contribution in [0, 0.1) is 0 Å². The largest absolute Gasteiger partial charge is 0.355 e. The third-order valence-corrected chi connectivity index (χ3v) is 3.68. The number of benzene rings is 2. The Morgan fingerprint density at radius 2 is 1.74 bits per heavy atom. The van der Waals surface area contributed by atoms with Crippen LogP contribution in [-0.2, 0) is 0 Å². The first-order valence-electron chi connectivity index (χ1n) is 5.93. The topological polar surface area (TPSA) is 15.8 Å². The summed E-state index contributed by atoms with van der Waals surface area (Å²) in [5, 5.41) is 1.96. The molecule has 2 aromatic carbocycles. The molecule has 1 aromatic heterocycles. The van der Waals surface area contributed by atoms with Crippen molar-refractivity contribution in [3.05, 3.63) is 69.3 Å². The van der Waals surface area contributed by atoms with E-state index in [9.17, 15) is 0 Å². The lowest BCUT2D eigenvalue weighted by molar-refractivity contribution is 1.43. The van der Waals surface area contributed by atoms with Crippen molar-refractivity contribution in [1.82, 2.24) is 4.98 Å². The summed E-state index contributed by atoms with van der Waals surface area (Å²) in [5.41, 5.74) is 3.34. The van der Waals surface area contributed by atoms with Crippen molar-refractivity contribution in [1.29, 1.82) is 0 Å². The van der Waals surface area contributed by atoms with Crippen LogP contribution in [0.1, 0.15) is 11.3 Å². The summed E-state index contributed by atoms with van der Waals surface area (Å²) in [6.45, 7) is 0. The van der Waals surface area contributed by atoms with Crippen molar-refractivity contribution < 1.29 is 0 Å². The van der Waals surface area contributed by atoms with Crippen LogP contribution in [0.3, 0.4) is 0 Å². The summed E-state index contributed by atoms with van der Waals surface area (Å²) in [4.78, 5) is 3.38. The Kier molecular flexibility index (Phi) is 3.45. The van der Waals surface area contributed by atoms with Gasteiger partial charge in [-0.05, 0) is 42.0 Å². The first-order valence-corrected chi connectivity index (χ1v) is 7.10. The Balaban J connectivity index is 1.90. The van der Waals surface area contributed by atoms with E-state index in [1.54, 1.807) is 0 Å². The highest BCUT2D eigenvalue weighted by Gasteiger charge is 1.98. The Morgan fingerprint density at radius 1 is 0.947 bits per heavy atom. The number of aromatic amines is 1. The number of fused-ring (bicyclic) bond motifs is 1. The van der Waals surface area contributed by atoms with Gasteiger partial charge in [0.15, 0.2) is 0 Å². The fourth-order valence-electron chi connectivity index (χ4n) is 1.97. The standard InChI is InChI=1S/C16H11BrClN/c17-13-5-4-12-9-15(19-16(12)10-13)8-3-11-1-6-14(18)7-2-11/h1-10,19H. The molecule has 0 aliphatic rings. The first kappa shape index (κ1) is 12.5. The van der Waals surface area contributed by atoms with Crippen LogP contribution in [0.2, 0.25) is 5.02 Å². The minimum Gasteiger partial charge on any atom is -0.355 e. The average Bonchev–Trinajstić information content (AvgIpc) is 2.80. The molecular weight excluding hydrogens is 322 g/mol. The predicted molar refractivity (Wildman–Crippen MR) is 86.4 cm³/mol. The SMILES string of the molecule is Clc1ccc(C=Cc2cc3ccc(Br)cc3[nH]2)cc1. The van der Waals surface area contributed by atoms with Crippen LogP contribution < -0.4 is 0 Å². The Morgan fingerprint density at radius 3 is 2.53 bits per heavy atom. The molecule has 0 saturated carbocycles. The smallest absolute Gasteiger partial charge is 0.0469 e. The molecule has 0 bridgehead atoms. The van der Waals surface area contributed by atoms with Gasteiger partial charge in [-0.2, -0.15) is 0 Å². The molecule has 1 nitrogen and oxygen atoms in total. The number of H-pyrrole nitrogens is 1. The molecule has 0 spiro atoms. The molecule has 0 fully saturated rings.